The fraction of sp³-hybridized carbons (Fsp3) is 0.444. The second-order valence-electron chi connectivity index (χ2n) is 6.09. The Morgan fingerprint density at radius 2 is 2.08 bits per heavy atom. The van der Waals surface area contributed by atoms with Crippen molar-refractivity contribution < 1.29 is 9.53 Å². The smallest absolute Gasteiger partial charge is 0.251 e. The third kappa shape index (κ3) is 3.76. The first-order valence-electron chi connectivity index (χ1n) is 8.33. The summed E-state index contributed by atoms with van der Waals surface area (Å²) >= 11 is 0. The summed E-state index contributed by atoms with van der Waals surface area (Å²) < 4.78 is 7.01. The zero-order chi connectivity index (χ0) is 16.9. The number of ether oxygens (including phenoxy) is 1. The third-order valence-electron chi connectivity index (χ3n) is 4.18. The van der Waals surface area contributed by atoms with Crippen LogP contribution in [0.2, 0.25) is 0 Å². The Bertz CT molecular complexity index is 694. The van der Waals surface area contributed by atoms with Gasteiger partial charge >= 0.3 is 0 Å². The van der Waals surface area contributed by atoms with Gasteiger partial charge in [0.1, 0.15) is 5.82 Å². The van der Waals surface area contributed by atoms with E-state index in [4.69, 9.17) is 4.74 Å². The molecule has 24 heavy (non-hydrogen) atoms. The number of nitrogens with zero attached hydrogens (tertiary/aromatic N) is 3. The van der Waals surface area contributed by atoms with E-state index in [0.717, 1.165) is 31.7 Å². The number of rotatable bonds is 6. The van der Waals surface area contributed by atoms with Crippen LogP contribution in [0.25, 0.3) is 0 Å². The maximum Gasteiger partial charge on any atom is 0.251 e. The second-order valence-corrected chi connectivity index (χ2v) is 6.09. The Hall–Kier alpha value is -2.34. The van der Waals surface area contributed by atoms with Gasteiger partial charge in [0.25, 0.3) is 5.91 Å². The lowest BCUT2D eigenvalue weighted by molar-refractivity contribution is 0.0937. The zero-order valence-corrected chi connectivity index (χ0v) is 14.3. The van der Waals surface area contributed by atoms with Crippen molar-refractivity contribution in [1.29, 1.82) is 0 Å². The van der Waals surface area contributed by atoms with Crippen LogP contribution in [0.5, 0.6) is 0 Å². The first kappa shape index (κ1) is 16.5. The van der Waals surface area contributed by atoms with E-state index in [1.807, 2.05) is 31.2 Å². The van der Waals surface area contributed by atoms with Gasteiger partial charge in [-0.15, -0.1) is 0 Å². The van der Waals surface area contributed by atoms with E-state index >= 15 is 0 Å². The van der Waals surface area contributed by atoms with Crippen LogP contribution < -0.4 is 10.2 Å². The normalized spacial score (nSPS) is 13.7. The SMILES string of the molecule is COCCNC(=O)c1ccc(CN2CCCn3nc(C)cc32)cc1. The number of hydrogen-bond donors (Lipinski definition) is 1. The molecule has 1 aromatic heterocycles. The molecule has 1 aromatic carbocycles. The molecule has 1 aliphatic rings. The zero-order valence-electron chi connectivity index (χ0n) is 14.3. The number of methoxy groups -OCH3 is 1. The lowest BCUT2D eigenvalue weighted by Crippen LogP contribution is -2.31. The highest BCUT2D eigenvalue weighted by Crippen LogP contribution is 2.23. The summed E-state index contributed by atoms with van der Waals surface area (Å²) in [5.74, 6) is 1.12. The van der Waals surface area contributed by atoms with E-state index in [9.17, 15) is 4.79 Å². The molecule has 6 nitrogen and oxygen atoms in total. The minimum absolute atomic E-state index is 0.0646. The minimum atomic E-state index is -0.0646. The van der Waals surface area contributed by atoms with Crippen molar-refractivity contribution in [2.45, 2.75) is 26.4 Å². The number of nitrogens with one attached hydrogen (secondary N) is 1. The van der Waals surface area contributed by atoms with E-state index in [-0.39, 0.29) is 5.91 Å². The van der Waals surface area contributed by atoms with Gasteiger partial charge in [-0.1, -0.05) is 12.1 Å². The van der Waals surface area contributed by atoms with Gasteiger partial charge in [0.15, 0.2) is 0 Å². The second kappa shape index (κ2) is 7.49. The molecule has 0 atom stereocenters. The van der Waals surface area contributed by atoms with E-state index in [1.54, 1.807) is 7.11 Å². The van der Waals surface area contributed by atoms with Crippen LogP contribution in [-0.4, -0.2) is 42.5 Å². The molecule has 0 saturated heterocycles. The monoisotopic (exact) mass is 328 g/mol. The van der Waals surface area contributed by atoms with Gasteiger partial charge in [0, 0.05) is 44.9 Å². The highest BCUT2D eigenvalue weighted by molar-refractivity contribution is 5.94. The van der Waals surface area contributed by atoms with E-state index in [1.165, 1.54) is 11.4 Å². The van der Waals surface area contributed by atoms with Gasteiger partial charge < -0.3 is 15.0 Å². The van der Waals surface area contributed by atoms with Crippen LogP contribution >= 0.6 is 0 Å². The summed E-state index contributed by atoms with van der Waals surface area (Å²) in [6.07, 6.45) is 1.11. The number of amides is 1. The molecule has 0 unspecified atom stereocenters. The number of aromatic nitrogens is 2. The van der Waals surface area contributed by atoms with Crippen LogP contribution in [0.15, 0.2) is 30.3 Å². The molecule has 2 aromatic rings. The van der Waals surface area contributed by atoms with Crippen molar-refractivity contribution in [3.05, 3.63) is 47.2 Å². The number of anilines is 1. The van der Waals surface area contributed by atoms with Crippen LogP contribution in [0, 0.1) is 6.92 Å². The molecule has 6 heteroatoms. The maximum absolute atomic E-state index is 12.0. The number of carbonyl (C=O) groups is 1. The Balaban J connectivity index is 1.64. The number of benzene rings is 1. The Labute approximate surface area is 142 Å². The Morgan fingerprint density at radius 3 is 2.83 bits per heavy atom. The lowest BCUT2D eigenvalue weighted by Gasteiger charge is -2.29. The molecule has 1 N–H and O–H groups in total. The highest BCUT2D eigenvalue weighted by atomic mass is 16.5. The van der Waals surface area contributed by atoms with Crippen molar-refractivity contribution in [2.24, 2.45) is 0 Å². The van der Waals surface area contributed by atoms with Crippen molar-refractivity contribution >= 4 is 11.7 Å². The fourth-order valence-electron chi connectivity index (χ4n) is 2.99. The maximum atomic E-state index is 12.0. The molecule has 0 spiro atoms. The highest BCUT2D eigenvalue weighted by Gasteiger charge is 2.18. The number of fused-ring (bicyclic) bond motifs is 1. The molecular weight excluding hydrogens is 304 g/mol. The Kier molecular flexibility index (Phi) is 5.15. The van der Waals surface area contributed by atoms with E-state index in [2.05, 4.69) is 26.1 Å². The summed E-state index contributed by atoms with van der Waals surface area (Å²) in [5, 5.41) is 7.36. The molecule has 1 aliphatic heterocycles. The third-order valence-corrected chi connectivity index (χ3v) is 4.18. The Morgan fingerprint density at radius 1 is 1.29 bits per heavy atom. The molecule has 2 heterocycles. The number of aryl methyl sites for hydroxylation is 2. The van der Waals surface area contributed by atoms with Gasteiger partial charge in [-0.3, -0.25) is 4.79 Å². The predicted octanol–water partition coefficient (Wildman–Crippen LogP) is 1.98. The van der Waals surface area contributed by atoms with Crippen molar-refractivity contribution in [3.8, 4) is 0 Å². The average Bonchev–Trinajstić information content (AvgIpc) is 2.97. The number of carbonyl (C=O) groups excluding carboxylic acids is 1. The summed E-state index contributed by atoms with van der Waals surface area (Å²) in [4.78, 5) is 14.3. The van der Waals surface area contributed by atoms with Crippen LogP contribution in [0.3, 0.4) is 0 Å². The topological polar surface area (TPSA) is 59.4 Å². The van der Waals surface area contributed by atoms with Crippen LogP contribution in [0.1, 0.15) is 28.0 Å². The molecule has 0 radical (unpaired) electrons. The minimum Gasteiger partial charge on any atom is -0.383 e. The summed E-state index contributed by atoms with van der Waals surface area (Å²) in [6, 6.07) is 9.94. The molecule has 0 aliphatic carbocycles. The molecule has 1 amide bonds. The van der Waals surface area contributed by atoms with Gasteiger partial charge in [-0.05, 0) is 31.0 Å². The molecule has 3 rings (SSSR count). The summed E-state index contributed by atoms with van der Waals surface area (Å²) in [6.45, 7) is 5.92. The summed E-state index contributed by atoms with van der Waals surface area (Å²) in [5.41, 5.74) is 2.92. The van der Waals surface area contributed by atoms with Crippen LogP contribution in [-0.2, 0) is 17.8 Å². The van der Waals surface area contributed by atoms with Crippen molar-refractivity contribution in [1.82, 2.24) is 15.1 Å². The first-order valence-corrected chi connectivity index (χ1v) is 8.33. The molecule has 0 bridgehead atoms. The van der Waals surface area contributed by atoms with Crippen LogP contribution in [0.4, 0.5) is 5.82 Å². The largest absolute Gasteiger partial charge is 0.383 e. The molecule has 128 valence electrons. The summed E-state index contributed by atoms with van der Waals surface area (Å²) in [7, 11) is 1.62. The lowest BCUT2D eigenvalue weighted by atomic mass is 10.1. The van der Waals surface area contributed by atoms with Gasteiger partial charge in [0.05, 0.1) is 12.3 Å². The van der Waals surface area contributed by atoms with Crippen molar-refractivity contribution in [3.63, 3.8) is 0 Å². The quantitative estimate of drug-likeness (QED) is 0.824. The first-order chi connectivity index (χ1) is 11.7. The average molecular weight is 328 g/mol. The van der Waals surface area contributed by atoms with Gasteiger partial charge in [0.2, 0.25) is 0 Å². The van der Waals surface area contributed by atoms with E-state index < -0.39 is 0 Å². The molecule has 0 fully saturated rings. The predicted molar refractivity (Wildman–Crippen MR) is 93.3 cm³/mol. The number of hydrogen-bond acceptors (Lipinski definition) is 4. The molecular formula is C18H24N4O2. The van der Waals surface area contributed by atoms with Crippen molar-refractivity contribution in [2.75, 3.05) is 31.7 Å². The molecule has 0 saturated carbocycles. The van der Waals surface area contributed by atoms with E-state index in [0.29, 0.717) is 18.7 Å². The standard InChI is InChI=1S/C18H24N4O2/c1-14-12-17-21(9-3-10-22(17)20-14)13-15-4-6-16(7-5-15)18(23)19-8-11-24-2/h4-7,12H,3,8-11,13H2,1-2H3,(H,19,23). The fourth-order valence-corrected chi connectivity index (χ4v) is 2.99. The van der Waals surface area contributed by atoms with Gasteiger partial charge in [-0.2, -0.15) is 5.10 Å². The van der Waals surface area contributed by atoms with Gasteiger partial charge in [-0.25, -0.2) is 4.68 Å².